The Hall–Kier alpha value is -1.40. The average molecular weight is 360 g/mol. The van der Waals surface area contributed by atoms with Crippen LogP contribution >= 0.6 is 15.9 Å². The second-order valence-corrected chi connectivity index (χ2v) is 5.58. The van der Waals surface area contributed by atoms with Gasteiger partial charge in [-0.2, -0.15) is 13.2 Å². The van der Waals surface area contributed by atoms with Gasteiger partial charge < -0.3 is 5.11 Å². The maximum atomic E-state index is 12.8. The van der Waals surface area contributed by atoms with E-state index < -0.39 is 23.8 Å². The molecule has 0 saturated carbocycles. The minimum Gasteiger partial charge on any atom is -0.388 e. The van der Waals surface area contributed by atoms with E-state index >= 15 is 0 Å². The van der Waals surface area contributed by atoms with Crippen molar-refractivity contribution in [1.82, 2.24) is 4.98 Å². The molecule has 1 heterocycles. The number of rotatable bonds is 3. The molecule has 2 rings (SSSR count). The second-order valence-electron chi connectivity index (χ2n) is 4.72. The van der Waals surface area contributed by atoms with E-state index in [1.807, 2.05) is 0 Å². The van der Waals surface area contributed by atoms with Gasteiger partial charge in [-0.15, -0.1) is 0 Å². The third-order valence-corrected chi connectivity index (χ3v) is 3.99. The summed E-state index contributed by atoms with van der Waals surface area (Å²) in [5.41, 5.74) is 0.0326. The fourth-order valence-electron chi connectivity index (χ4n) is 2.02. The largest absolute Gasteiger partial charge is 0.416 e. The van der Waals surface area contributed by atoms with Gasteiger partial charge in [0.05, 0.1) is 11.7 Å². The summed E-state index contributed by atoms with van der Waals surface area (Å²) in [5, 5.41) is 10.4. The van der Waals surface area contributed by atoms with Gasteiger partial charge in [-0.1, -0.05) is 28.9 Å². The van der Waals surface area contributed by atoms with E-state index in [0.717, 1.165) is 12.1 Å². The number of pyridine rings is 1. The maximum absolute atomic E-state index is 12.8. The van der Waals surface area contributed by atoms with E-state index in [0.29, 0.717) is 10.2 Å². The van der Waals surface area contributed by atoms with Crippen LogP contribution in [-0.2, 0) is 6.18 Å². The molecule has 0 saturated heterocycles. The van der Waals surface area contributed by atoms with Gasteiger partial charge >= 0.3 is 6.18 Å². The smallest absolute Gasteiger partial charge is 0.388 e. The Morgan fingerprint density at radius 3 is 2.48 bits per heavy atom. The molecule has 0 spiro atoms. The molecule has 2 nitrogen and oxygen atoms in total. The Morgan fingerprint density at radius 2 is 1.90 bits per heavy atom. The van der Waals surface area contributed by atoms with Gasteiger partial charge in [-0.3, -0.25) is 4.98 Å². The van der Waals surface area contributed by atoms with Crippen LogP contribution in [0.3, 0.4) is 0 Å². The molecule has 0 radical (unpaired) electrons. The van der Waals surface area contributed by atoms with Gasteiger partial charge in [-0.05, 0) is 35.9 Å². The fraction of sp³-hybridized carbons (Fsp3) is 0.267. The number of benzene rings is 1. The number of halogens is 4. The predicted octanol–water partition coefficient (Wildman–Crippen LogP) is 4.70. The maximum Gasteiger partial charge on any atom is 0.416 e. The minimum atomic E-state index is -4.44. The van der Waals surface area contributed by atoms with Crippen LogP contribution in [0.1, 0.15) is 35.8 Å². The van der Waals surface area contributed by atoms with Gasteiger partial charge in [0, 0.05) is 22.3 Å². The lowest BCUT2D eigenvalue weighted by molar-refractivity contribution is -0.137. The zero-order valence-electron chi connectivity index (χ0n) is 11.1. The zero-order valence-corrected chi connectivity index (χ0v) is 12.7. The molecule has 0 aliphatic carbocycles. The Bertz CT molecular complexity index is 616. The second kappa shape index (κ2) is 6.15. The van der Waals surface area contributed by atoms with Gasteiger partial charge in [-0.25, -0.2) is 0 Å². The molecular weight excluding hydrogens is 347 g/mol. The lowest BCUT2D eigenvalue weighted by Gasteiger charge is -2.21. The Balaban J connectivity index is 2.37. The summed E-state index contributed by atoms with van der Waals surface area (Å²) in [6.07, 6.45) is -3.94. The molecule has 6 heteroatoms. The molecule has 0 aliphatic rings. The predicted molar refractivity (Wildman–Crippen MR) is 76.8 cm³/mol. The first kappa shape index (κ1) is 16.0. The zero-order chi connectivity index (χ0) is 15.6. The van der Waals surface area contributed by atoms with Crippen LogP contribution in [0.2, 0.25) is 0 Å². The van der Waals surface area contributed by atoms with Crippen molar-refractivity contribution in [3.05, 3.63) is 63.9 Å². The van der Waals surface area contributed by atoms with Crippen LogP contribution in [0.25, 0.3) is 0 Å². The summed E-state index contributed by atoms with van der Waals surface area (Å²) in [6, 6.07) is 8.48. The van der Waals surface area contributed by atoms with Crippen LogP contribution in [0.15, 0.2) is 47.1 Å². The molecule has 2 aromatic rings. The molecule has 21 heavy (non-hydrogen) atoms. The first-order valence-corrected chi connectivity index (χ1v) is 7.05. The lowest BCUT2D eigenvalue weighted by Crippen LogP contribution is -2.12. The summed E-state index contributed by atoms with van der Waals surface area (Å²) in [4.78, 5) is 4.13. The molecule has 0 bridgehead atoms. The molecule has 2 atom stereocenters. The summed E-state index contributed by atoms with van der Waals surface area (Å²) >= 11 is 3.19. The third kappa shape index (κ3) is 3.63. The van der Waals surface area contributed by atoms with E-state index in [1.165, 1.54) is 6.07 Å². The number of aliphatic hydroxyl groups excluding tert-OH is 1. The van der Waals surface area contributed by atoms with E-state index in [4.69, 9.17) is 0 Å². The Morgan fingerprint density at radius 1 is 1.19 bits per heavy atom. The van der Waals surface area contributed by atoms with Gasteiger partial charge in [0.2, 0.25) is 0 Å². The van der Waals surface area contributed by atoms with Crippen LogP contribution in [0.4, 0.5) is 13.2 Å². The quantitative estimate of drug-likeness (QED) is 0.861. The van der Waals surface area contributed by atoms with Crippen molar-refractivity contribution in [2.24, 2.45) is 0 Å². The van der Waals surface area contributed by atoms with Crippen molar-refractivity contribution >= 4 is 15.9 Å². The standard InChI is InChI=1S/C15H13BrF3NO/c1-9(13-4-2-3-7-20-13)14(21)11-8-10(15(17,18)19)5-6-12(11)16/h2-9,14,21H,1H3. The van der Waals surface area contributed by atoms with Crippen LogP contribution in [0, 0.1) is 0 Å². The van der Waals surface area contributed by atoms with Crippen LogP contribution < -0.4 is 0 Å². The van der Waals surface area contributed by atoms with Gasteiger partial charge in [0.25, 0.3) is 0 Å². The van der Waals surface area contributed by atoms with E-state index in [9.17, 15) is 18.3 Å². The van der Waals surface area contributed by atoms with Crippen LogP contribution in [-0.4, -0.2) is 10.1 Å². The number of hydrogen-bond donors (Lipinski definition) is 1. The molecule has 0 fully saturated rings. The van der Waals surface area contributed by atoms with Crippen LogP contribution in [0.5, 0.6) is 0 Å². The number of alkyl halides is 3. The third-order valence-electron chi connectivity index (χ3n) is 3.27. The normalized spacial score (nSPS) is 14.8. The van der Waals surface area contributed by atoms with Crippen molar-refractivity contribution < 1.29 is 18.3 Å². The molecular formula is C15H13BrF3NO. The first-order valence-electron chi connectivity index (χ1n) is 6.26. The van der Waals surface area contributed by atoms with E-state index in [-0.39, 0.29) is 5.56 Å². The lowest BCUT2D eigenvalue weighted by atomic mass is 9.93. The summed E-state index contributed by atoms with van der Waals surface area (Å²) in [5.74, 6) is -0.425. The first-order chi connectivity index (χ1) is 9.80. The number of aliphatic hydroxyl groups is 1. The number of nitrogens with zero attached hydrogens (tertiary/aromatic N) is 1. The van der Waals surface area contributed by atoms with Gasteiger partial charge in [0.15, 0.2) is 0 Å². The SMILES string of the molecule is CC(c1ccccn1)C(O)c1cc(C(F)(F)F)ccc1Br. The van der Waals surface area contributed by atoms with E-state index in [1.54, 1.807) is 31.3 Å². The monoisotopic (exact) mass is 359 g/mol. The number of hydrogen-bond acceptors (Lipinski definition) is 2. The minimum absolute atomic E-state index is 0.197. The van der Waals surface area contributed by atoms with Crippen molar-refractivity contribution in [3.8, 4) is 0 Å². The van der Waals surface area contributed by atoms with E-state index in [2.05, 4.69) is 20.9 Å². The highest BCUT2D eigenvalue weighted by molar-refractivity contribution is 9.10. The molecule has 0 amide bonds. The summed E-state index contributed by atoms with van der Waals surface area (Å²) in [6.45, 7) is 1.72. The highest BCUT2D eigenvalue weighted by Crippen LogP contribution is 2.37. The Kier molecular flexibility index (Phi) is 4.68. The number of aromatic nitrogens is 1. The topological polar surface area (TPSA) is 33.1 Å². The molecule has 1 aromatic carbocycles. The molecule has 0 aliphatic heterocycles. The van der Waals surface area contributed by atoms with Crippen molar-refractivity contribution in [3.63, 3.8) is 0 Å². The van der Waals surface area contributed by atoms with Crippen molar-refractivity contribution in [1.29, 1.82) is 0 Å². The summed E-state index contributed by atoms with van der Waals surface area (Å²) < 4.78 is 38.8. The molecule has 1 aromatic heterocycles. The highest BCUT2D eigenvalue weighted by atomic mass is 79.9. The van der Waals surface area contributed by atoms with Gasteiger partial charge in [0.1, 0.15) is 0 Å². The average Bonchev–Trinajstić information content (AvgIpc) is 2.46. The Labute approximate surface area is 128 Å². The highest BCUT2D eigenvalue weighted by Gasteiger charge is 2.32. The van der Waals surface area contributed by atoms with Crippen molar-refractivity contribution in [2.75, 3.05) is 0 Å². The molecule has 112 valence electrons. The summed E-state index contributed by atoms with van der Waals surface area (Å²) in [7, 11) is 0. The molecule has 2 unspecified atom stereocenters. The fourth-order valence-corrected chi connectivity index (χ4v) is 2.50. The molecule has 1 N–H and O–H groups in total. The van der Waals surface area contributed by atoms with Crippen molar-refractivity contribution in [2.45, 2.75) is 25.1 Å².